The molecule has 0 unspecified atom stereocenters. The molecule has 1 aliphatic heterocycles. The van der Waals surface area contributed by atoms with E-state index in [9.17, 15) is 0 Å². The van der Waals surface area contributed by atoms with Crippen molar-refractivity contribution in [3.63, 3.8) is 0 Å². The first-order valence-corrected chi connectivity index (χ1v) is 3.70. The highest BCUT2D eigenvalue weighted by Crippen LogP contribution is 2.01. The first-order chi connectivity index (χ1) is 4.93. The van der Waals surface area contributed by atoms with Crippen molar-refractivity contribution in [1.82, 2.24) is 5.06 Å². The van der Waals surface area contributed by atoms with Gasteiger partial charge in [0.2, 0.25) is 0 Å². The summed E-state index contributed by atoms with van der Waals surface area (Å²) in [6.07, 6.45) is 9.86. The molecule has 10 heavy (non-hydrogen) atoms. The summed E-state index contributed by atoms with van der Waals surface area (Å²) in [5.74, 6) is 0. The van der Waals surface area contributed by atoms with Crippen LogP contribution in [0.15, 0.2) is 24.6 Å². The van der Waals surface area contributed by atoms with E-state index in [0.717, 1.165) is 6.54 Å². The van der Waals surface area contributed by atoms with Crippen LogP contribution in [0.4, 0.5) is 0 Å². The molecule has 0 aromatic heterocycles. The van der Waals surface area contributed by atoms with Crippen LogP contribution in [0.5, 0.6) is 0 Å². The lowest BCUT2D eigenvalue weighted by Gasteiger charge is -2.19. The highest BCUT2D eigenvalue weighted by atomic mass is 16.7. The second kappa shape index (κ2) is 3.99. The van der Waals surface area contributed by atoms with Gasteiger partial charge in [-0.25, -0.2) is 5.06 Å². The van der Waals surface area contributed by atoms with E-state index < -0.39 is 0 Å². The first kappa shape index (κ1) is 7.19. The van der Waals surface area contributed by atoms with Crippen LogP contribution in [-0.4, -0.2) is 11.6 Å². The quantitative estimate of drug-likeness (QED) is 0.593. The topological polar surface area (TPSA) is 12.5 Å². The molecular formula is C8H13NO. The molecule has 0 aliphatic carbocycles. The highest BCUT2D eigenvalue weighted by Gasteiger charge is 1.97. The smallest absolute Gasteiger partial charge is 0.119 e. The van der Waals surface area contributed by atoms with E-state index in [4.69, 9.17) is 4.84 Å². The van der Waals surface area contributed by atoms with E-state index >= 15 is 0 Å². The van der Waals surface area contributed by atoms with Crippen LogP contribution >= 0.6 is 0 Å². The van der Waals surface area contributed by atoms with Gasteiger partial charge in [0.15, 0.2) is 0 Å². The number of allylic oxidation sites excluding steroid dienone is 2. The van der Waals surface area contributed by atoms with Gasteiger partial charge in [-0.3, -0.25) is 0 Å². The van der Waals surface area contributed by atoms with Crippen molar-refractivity contribution in [2.75, 3.05) is 6.54 Å². The van der Waals surface area contributed by atoms with Crippen molar-refractivity contribution >= 4 is 0 Å². The van der Waals surface area contributed by atoms with Crippen LogP contribution < -0.4 is 0 Å². The molecule has 0 aromatic carbocycles. The third kappa shape index (κ3) is 2.13. The van der Waals surface area contributed by atoms with Crippen LogP contribution in [-0.2, 0) is 4.84 Å². The van der Waals surface area contributed by atoms with Gasteiger partial charge in [0, 0.05) is 6.20 Å². The minimum atomic E-state index is 0.983. The number of hydroxylamine groups is 2. The van der Waals surface area contributed by atoms with E-state index in [1.165, 1.54) is 12.8 Å². The molecule has 1 rings (SSSR count). The zero-order valence-corrected chi connectivity index (χ0v) is 6.29. The normalized spacial score (nSPS) is 15.5. The average molecular weight is 139 g/mol. The minimum absolute atomic E-state index is 0.983. The Hall–Kier alpha value is -0.920. The van der Waals surface area contributed by atoms with Gasteiger partial charge in [0.05, 0.1) is 6.54 Å². The van der Waals surface area contributed by atoms with Crippen molar-refractivity contribution in [3.05, 3.63) is 24.6 Å². The molecule has 0 fully saturated rings. The summed E-state index contributed by atoms with van der Waals surface area (Å²) in [5.41, 5.74) is 0. The summed E-state index contributed by atoms with van der Waals surface area (Å²) in [7, 11) is 0. The summed E-state index contributed by atoms with van der Waals surface area (Å²) >= 11 is 0. The van der Waals surface area contributed by atoms with E-state index in [2.05, 4.69) is 6.92 Å². The Morgan fingerprint density at radius 2 is 2.30 bits per heavy atom. The number of hydrogen-bond acceptors (Lipinski definition) is 2. The van der Waals surface area contributed by atoms with E-state index in [1.54, 1.807) is 6.26 Å². The first-order valence-electron chi connectivity index (χ1n) is 3.70. The zero-order valence-electron chi connectivity index (χ0n) is 6.29. The van der Waals surface area contributed by atoms with Gasteiger partial charge in [-0.1, -0.05) is 13.3 Å². The monoisotopic (exact) mass is 139 g/mol. The van der Waals surface area contributed by atoms with Gasteiger partial charge >= 0.3 is 0 Å². The Morgan fingerprint density at radius 3 is 2.90 bits per heavy atom. The van der Waals surface area contributed by atoms with Crippen LogP contribution in [0.2, 0.25) is 0 Å². The fourth-order valence-electron chi connectivity index (χ4n) is 0.781. The molecule has 0 bridgehead atoms. The lowest BCUT2D eigenvalue weighted by molar-refractivity contribution is -0.0601. The van der Waals surface area contributed by atoms with Gasteiger partial charge in [0.1, 0.15) is 6.26 Å². The molecule has 0 saturated heterocycles. The van der Waals surface area contributed by atoms with Gasteiger partial charge in [-0.15, -0.1) is 0 Å². The fourth-order valence-corrected chi connectivity index (χ4v) is 0.781. The van der Waals surface area contributed by atoms with Crippen molar-refractivity contribution in [3.8, 4) is 0 Å². The highest BCUT2D eigenvalue weighted by molar-refractivity contribution is 5.01. The van der Waals surface area contributed by atoms with Gasteiger partial charge in [-0.2, -0.15) is 0 Å². The molecule has 2 heteroatoms. The standard InChI is InChI=1S/C8H13NO/c1-2-3-6-9-7-4-5-8-10-9/h4-5,7-8H,2-3,6H2,1H3. The average Bonchev–Trinajstić information content (AvgIpc) is 2.03. The number of hydrogen-bond donors (Lipinski definition) is 0. The van der Waals surface area contributed by atoms with E-state index in [0.29, 0.717) is 0 Å². The van der Waals surface area contributed by atoms with Crippen LogP contribution in [0.3, 0.4) is 0 Å². The van der Waals surface area contributed by atoms with E-state index in [-0.39, 0.29) is 0 Å². The minimum Gasteiger partial charge on any atom is -0.388 e. The summed E-state index contributed by atoms with van der Waals surface area (Å²) in [6.45, 7) is 3.15. The molecule has 0 amide bonds. The molecule has 0 spiro atoms. The zero-order chi connectivity index (χ0) is 7.23. The second-order valence-corrected chi connectivity index (χ2v) is 2.27. The van der Waals surface area contributed by atoms with Crippen molar-refractivity contribution in [2.24, 2.45) is 0 Å². The molecule has 0 aromatic rings. The SMILES string of the molecule is CCCCN1C=CC=CO1. The van der Waals surface area contributed by atoms with Gasteiger partial charge in [0.25, 0.3) is 0 Å². The third-order valence-corrected chi connectivity index (χ3v) is 1.37. The maximum Gasteiger partial charge on any atom is 0.119 e. The Bertz CT molecular complexity index is 140. The third-order valence-electron chi connectivity index (χ3n) is 1.37. The predicted octanol–water partition coefficient (Wildman–Crippen LogP) is 2.06. The van der Waals surface area contributed by atoms with Gasteiger partial charge < -0.3 is 4.84 Å². The van der Waals surface area contributed by atoms with Crippen LogP contribution in [0, 0.1) is 0 Å². The molecule has 0 radical (unpaired) electrons. The van der Waals surface area contributed by atoms with Gasteiger partial charge in [-0.05, 0) is 18.6 Å². The lowest BCUT2D eigenvalue weighted by Crippen LogP contribution is -2.17. The van der Waals surface area contributed by atoms with Crippen molar-refractivity contribution < 1.29 is 4.84 Å². The van der Waals surface area contributed by atoms with E-state index in [1.807, 2.05) is 23.4 Å². The number of rotatable bonds is 3. The van der Waals surface area contributed by atoms with Crippen molar-refractivity contribution in [1.29, 1.82) is 0 Å². The molecule has 1 heterocycles. The fraction of sp³-hybridized carbons (Fsp3) is 0.500. The predicted molar refractivity (Wildman–Crippen MR) is 41.0 cm³/mol. The molecule has 2 nitrogen and oxygen atoms in total. The van der Waals surface area contributed by atoms with Crippen LogP contribution in [0.25, 0.3) is 0 Å². The van der Waals surface area contributed by atoms with Crippen LogP contribution in [0.1, 0.15) is 19.8 Å². The number of unbranched alkanes of at least 4 members (excludes halogenated alkanes) is 1. The molecule has 56 valence electrons. The Morgan fingerprint density at radius 1 is 1.40 bits per heavy atom. The largest absolute Gasteiger partial charge is 0.388 e. The lowest BCUT2D eigenvalue weighted by atomic mass is 10.3. The molecule has 1 aliphatic rings. The Balaban J connectivity index is 2.17. The summed E-state index contributed by atoms with van der Waals surface area (Å²) in [5, 5.41) is 1.84. The molecular weight excluding hydrogens is 126 g/mol. The number of nitrogens with zero attached hydrogens (tertiary/aromatic N) is 1. The molecule has 0 saturated carbocycles. The Kier molecular flexibility index (Phi) is 2.87. The second-order valence-electron chi connectivity index (χ2n) is 2.27. The molecule has 0 atom stereocenters. The maximum absolute atomic E-state index is 5.15. The summed E-state index contributed by atoms with van der Waals surface area (Å²) < 4.78 is 0. The van der Waals surface area contributed by atoms with Crippen molar-refractivity contribution in [2.45, 2.75) is 19.8 Å². The summed E-state index contributed by atoms with van der Waals surface area (Å²) in [6, 6.07) is 0. The maximum atomic E-state index is 5.15. The molecule has 0 N–H and O–H groups in total. The Labute approximate surface area is 61.7 Å². The summed E-state index contributed by atoms with van der Waals surface area (Å²) in [4.78, 5) is 5.15.